The van der Waals surface area contributed by atoms with Crippen LogP contribution in [0.1, 0.15) is 24.7 Å². The first kappa shape index (κ1) is 35.7. The molecule has 0 radical (unpaired) electrons. The number of nitrogens with two attached hydrogens (primary N) is 1. The number of hydrogen-bond acceptors (Lipinski definition) is 6. The number of imidazole rings is 1. The molecule has 222 valence electrons. The van der Waals surface area contributed by atoms with Crippen LogP contribution in [0.3, 0.4) is 0 Å². The summed E-state index contributed by atoms with van der Waals surface area (Å²) in [7, 11) is 1.91. The van der Waals surface area contributed by atoms with E-state index in [0.717, 1.165) is 28.1 Å². The number of benzene rings is 2. The molecule has 3 N–H and O–H groups in total. The summed E-state index contributed by atoms with van der Waals surface area (Å²) in [6.07, 6.45) is 0.909. The number of carbonyl (C=O) groups excluding carboxylic acids is 2. The van der Waals surface area contributed by atoms with E-state index in [2.05, 4.69) is 10.2 Å². The van der Waals surface area contributed by atoms with Crippen molar-refractivity contribution in [3.05, 3.63) is 59.7 Å². The van der Waals surface area contributed by atoms with Gasteiger partial charge in [0.1, 0.15) is 17.7 Å². The van der Waals surface area contributed by atoms with Gasteiger partial charge in [-0.1, -0.05) is 12.1 Å². The number of ether oxygens (including phenoxy) is 1. The number of alkyl halides is 2. The molecular weight excluding hydrogens is 603 g/mol. The van der Waals surface area contributed by atoms with Crippen LogP contribution in [0.15, 0.2) is 42.5 Å². The second kappa shape index (κ2) is 17.5. The number of esters is 1. The number of nitrogens with zero attached hydrogens (tertiary/aromatic N) is 3. The molecule has 0 fully saturated rings. The first-order valence-electron chi connectivity index (χ1n) is 12.6. The number of aromatic nitrogens is 2. The van der Waals surface area contributed by atoms with Crippen LogP contribution in [0.5, 0.6) is 0 Å². The summed E-state index contributed by atoms with van der Waals surface area (Å²) in [5, 5.41) is 2.73. The molecule has 1 aromatic heterocycles. The van der Waals surface area contributed by atoms with Crippen LogP contribution >= 0.6 is 48.0 Å². The van der Waals surface area contributed by atoms with Crippen molar-refractivity contribution >= 4 is 76.6 Å². The molecule has 3 rings (SSSR count). The Bertz CT molecular complexity index is 1220. The van der Waals surface area contributed by atoms with Gasteiger partial charge in [-0.25, -0.2) is 14.2 Å². The van der Waals surface area contributed by atoms with Crippen molar-refractivity contribution < 1.29 is 18.7 Å². The van der Waals surface area contributed by atoms with Gasteiger partial charge in [-0.15, -0.1) is 48.0 Å². The highest BCUT2D eigenvalue weighted by atomic mass is 35.5. The Kier molecular flexibility index (Phi) is 15.6. The molecule has 40 heavy (non-hydrogen) atoms. The van der Waals surface area contributed by atoms with Gasteiger partial charge in [-0.3, -0.25) is 4.79 Å². The standard InChI is InChI=1S/C27H34Cl2FN5O3.2ClH/c1-3-38-27(37)22(33-26(36)21(31)16-18-4-6-19(30)7-5-18)9-11-25-32-23-17-20(8-10-24(23)34(25)2)35(14-12-28)15-13-29;;/h4-8,10,17,21-22H,3,9,11-16,31H2,1-2H3,(H,33,36);2*1H. The molecule has 0 saturated carbocycles. The average Bonchev–Trinajstić information content (AvgIpc) is 3.22. The predicted molar refractivity (Wildman–Crippen MR) is 164 cm³/mol. The number of carbonyl (C=O) groups is 2. The molecule has 0 aliphatic heterocycles. The average molecular weight is 639 g/mol. The fourth-order valence-electron chi connectivity index (χ4n) is 4.24. The highest BCUT2D eigenvalue weighted by Crippen LogP contribution is 2.23. The summed E-state index contributed by atoms with van der Waals surface area (Å²) < 4.78 is 20.3. The smallest absolute Gasteiger partial charge is 0.328 e. The van der Waals surface area contributed by atoms with Crippen LogP contribution in [0.2, 0.25) is 0 Å². The maximum absolute atomic E-state index is 13.2. The third kappa shape index (κ3) is 9.66. The van der Waals surface area contributed by atoms with E-state index in [-0.39, 0.29) is 50.1 Å². The quantitative estimate of drug-likeness (QED) is 0.201. The van der Waals surface area contributed by atoms with Crippen LogP contribution < -0.4 is 16.0 Å². The van der Waals surface area contributed by atoms with E-state index in [0.29, 0.717) is 31.3 Å². The van der Waals surface area contributed by atoms with E-state index in [4.69, 9.17) is 38.7 Å². The predicted octanol–water partition coefficient (Wildman–Crippen LogP) is 4.39. The lowest BCUT2D eigenvalue weighted by Gasteiger charge is -2.22. The van der Waals surface area contributed by atoms with Crippen LogP contribution in [0.4, 0.5) is 10.1 Å². The van der Waals surface area contributed by atoms with Crippen molar-refractivity contribution in [3.63, 3.8) is 0 Å². The Balaban J connectivity index is 0.00000400. The lowest BCUT2D eigenvalue weighted by Crippen LogP contribution is -2.49. The van der Waals surface area contributed by atoms with Crippen LogP contribution in [-0.2, 0) is 34.2 Å². The van der Waals surface area contributed by atoms with E-state index < -0.39 is 24.0 Å². The first-order valence-corrected chi connectivity index (χ1v) is 13.6. The molecule has 0 spiro atoms. The van der Waals surface area contributed by atoms with Gasteiger partial charge in [0.15, 0.2) is 0 Å². The molecule has 8 nitrogen and oxygen atoms in total. The number of hydrogen-bond donors (Lipinski definition) is 2. The Morgan fingerprint density at radius 2 is 1.77 bits per heavy atom. The van der Waals surface area contributed by atoms with Crippen LogP contribution in [0.25, 0.3) is 11.0 Å². The largest absolute Gasteiger partial charge is 0.464 e. The number of fused-ring (bicyclic) bond motifs is 1. The van der Waals surface area contributed by atoms with Crippen LogP contribution in [0, 0.1) is 5.82 Å². The topological polar surface area (TPSA) is 102 Å². The lowest BCUT2D eigenvalue weighted by molar-refractivity contribution is -0.147. The lowest BCUT2D eigenvalue weighted by atomic mass is 10.0. The fraction of sp³-hybridized carbons (Fsp3) is 0.444. The summed E-state index contributed by atoms with van der Waals surface area (Å²) in [4.78, 5) is 32.3. The van der Waals surface area contributed by atoms with Crippen molar-refractivity contribution in [2.45, 2.75) is 38.3 Å². The number of halogens is 5. The van der Waals surface area contributed by atoms with Gasteiger partial charge in [-0.05, 0) is 55.7 Å². The van der Waals surface area contributed by atoms with Gasteiger partial charge < -0.3 is 25.3 Å². The summed E-state index contributed by atoms with van der Waals surface area (Å²) in [6, 6.07) is 9.99. The van der Waals surface area contributed by atoms with Gasteiger partial charge >= 0.3 is 5.97 Å². The van der Waals surface area contributed by atoms with Crippen molar-refractivity contribution in [1.29, 1.82) is 0 Å². The van der Waals surface area contributed by atoms with Gasteiger partial charge in [0, 0.05) is 44.0 Å². The molecule has 13 heteroatoms. The summed E-state index contributed by atoms with van der Waals surface area (Å²) in [5.74, 6) is 0.343. The van der Waals surface area contributed by atoms with Gasteiger partial charge in [-0.2, -0.15) is 0 Å². The number of aryl methyl sites for hydroxylation is 2. The van der Waals surface area contributed by atoms with Crippen molar-refractivity contribution in [2.24, 2.45) is 12.8 Å². The normalized spacial score (nSPS) is 12.2. The first-order chi connectivity index (χ1) is 18.3. The summed E-state index contributed by atoms with van der Waals surface area (Å²) in [5.41, 5.74) is 9.53. The Morgan fingerprint density at radius 3 is 2.38 bits per heavy atom. The Labute approximate surface area is 256 Å². The maximum Gasteiger partial charge on any atom is 0.328 e. The molecule has 1 amide bonds. The third-order valence-electron chi connectivity index (χ3n) is 6.28. The number of anilines is 1. The second-order valence-corrected chi connectivity index (χ2v) is 9.67. The number of rotatable bonds is 14. The Hall–Kier alpha value is -2.30. The number of nitrogens with one attached hydrogen (secondary N) is 1. The third-order valence-corrected chi connectivity index (χ3v) is 6.62. The van der Waals surface area contributed by atoms with Gasteiger partial charge in [0.25, 0.3) is 0 Å². The second-order valence-electron chi connectivity index (χ2n) is 8.91. The maximum atomic E-state index is 13.2. The molecule has 2 atom stereocenters. The Morgan fingerprint density at radius 1 is 1.12 bits per heavy atom. The van der Waals surface area contributed by atoms with E-state index in [9.17, 15) is 14.0 Å². The van der Waals surface area contributed by atoms with Crippen molar-refractivity contribution in [3.8, 4) is 0 Å². The highest BCUT2D eigenvalue weighted by molar-refractivity contribution is 6.18. The molecule has 0 saturated heterocycles. The zero-order valence-electron chi connectivity index (χ0n) is 22.4. The van der Waals surface area contributed by atoms with Crippen LogP contribution in [-0.4, -0.2) is 65.0 Å². The van der Waals surface area contributed by atoms with E-state index in [1.54, 1.807) is 19.1 Å². The molecular formula is C27H36Cl4FN5O3. The minimum atomic E-state index is -0.907. The van der Waals surface area contributed by atoms with E-state index >= 15 is 0 Å². The summed E-state index contributed by atoms with van der Waals surface area (Å²) >= 11 is 11.9. The molecule has 0 aliphatic rings. The SMILES string of the molecule is CCOC(=O)C(CCc1nc2cc(N(CCCl)CCCl)ccc2n1C)NC(=O)C(N)Cc1ccc(F)cc1.Cl.Cl. The van der Waals surface area contributed by atoms with E-state index in [1.165, 1.54) is 12.1 Å². The molecule has 2 unspecified atom stereocenters. The van der Waals surface area contributed by atoms with Gasteiger partial charge in [0.05, 0.1) is 23.7 Å². The molecule has 0 aliphatic carbocycles. The molecule has 3 aromatic rings. The fourth-order valence-corrected chi connectivity index (χ4v) is 4.65. The highest BCUT2D eigenvalue weighted by Gasteiger charge is 2.26. The monoisotopic (exact) mass is 637 g/mol. The molecule has 0 bridgehead atoms. The minimum Gasteiger partial charge on any atom is -0.464 e. The van der Waals surface area contributed by atoms with E-state index in [1.807, 2.05) is 29.8 Å². The molecule has 2 aromatic carbocycles. The van der Waals surface area contributed by atoms with Crippen molar-refractivity contribution in [2.75, 3.05) is 36.4 Å². The molecule has 1 heterocycles. The van der Waals surface area contributed by atoms with Gasteiger partial charge in [0.2, 0.25) is 5.91 Å². The zero-order chi connectivity index (χ0) is 27.7. The minimum absolute atomic E-state index is 0. The zero-order valence-corrected chi connectivity index (χ0v) is 25.6. The summed E-state index contributed by atoms with van der Waals surface area (Å²) in [6.45, 7) is 3.23. The van der Waals surface area contributed by atoms with Crippen molar-refractivity contribution in [1.82, 2.24) is 14.9 Å². The number of amides is 1.